The van der Waals surface area contributed by atoms with Gasteiger partial charge in [-0.2, -0.15) is 5.10 Å². The van der Waals surface area contributed by atoms with Crippen molar-refractivity contribution in [3.8, 4) is 0 Å². The molecule has 0 bridgehead atoms. The van der Waals surface area contributed by atoms with Gasteiger partial charge >= 0.3 is 0 Å². The van der Waals surface area contributed by atoms with Crippen LogP contribution in [0.2, 0.25) is 0 Å². The number of aromatic nitrogens is 3. The molecule has 92 valence electrons. The van der Waals surface area contributed by atoms with Crippen LogP contribution in [0.4, 0.5) is 0 Å². The van der Waals surface area contributed by atoms with Crippen molar-refractivity contribution in [1.29, 1.82) is 0 Å². The lowest BCUT2D eigenvalue weighted by atomic mass is 10.1. The van der Waals surface area contributed by atoms with E-state index in [9.17, 15) is 0 Å². The molecule has 0 aliphatic rings. The third-order valence-corrected chi connectivity index (χ3v) is 2.82. The normalized spacial score (nSPS) is 12.9. The zero-order chi connectivity index (χ0) is 11.8. The molecule has 0 aliphatic heterocycles. The van der Waals surface area contributed by atoms with Crippen LogP contribution in [0.3, 0.4) is 0 Å². The molecule has 1 N–H and O–H groups in total. The molecule has 1 aromatic heterocycles. The molecule has 0 amide bonds. The van der Waals surface area contributed by atoms with Gasteiger partial charge in [-0.25, -0.2) is 4.98 Å². The van der Waals surface area contributed by atoms with Gasteiger partial charge in [0.05, 0.1) is 0 Å². The van der Waals surface area contributed by atoms with Crippen LogP contribution in [-0.4, -0.2) is 27.4 Å². The van der Waals surface area contributed by atoms with Crippen molar-refractivity contribution < 1.29 is 0 Å². The predicted molar refractivity (Wildman–Crippen MR) is 66.4 cm³/mol. The Morgan fingerprint density at radius 2 is 2.19 bits per heavy atom. The standard InChI is InChI=1S/C12H24N4/c1-4-7-8-11(13-5-2)9-12-14-10-15-16(12)6-3/h10-11,13H,4-9H2,1-3H3. The Hall–Kier alpha value is -0.900. The summed E-state index contributed by atoms with van der Waals surface area (Å²) in [7, 11) is 0. The number of nitrogens with zero attached hydrogens (tertiary/aromatic N) is 3. The van der Waals surface area contributed by atoms with Crippen LogP contribution in [0, 0.1) is 0 Å². The van der Waals surface area contributed by atoms with E-state index in [1.165, 1.54) is 19.3 Å². The van der Waals surface area contributed by atoms with Crippen LogP contribution in [-0.2, 0) is 13.0 Å². The average molecular weight is 224 g/mol. The number of unbranched alkanes of at least 4 members (excludes halogenated alkanes) is 1. The summed E-state index contributed by atoms with van der Waals surface area (Å²) in [6.07, 6.45) is 6.39. The Kier molecular flexibility index (Phi) is 6.08. The van der Waals surface area contributed by atoms with Crippen molar-refractivity contribution in [2.45, 2.75) is 59.0 Å². The molecule has 0 spiro atoms. The lowest BCUT2D eigenvalue weighted by Gasteiger charge is -2.17. The van der Waals surface area contributed by atoms with Crippen LogP contribution in [0.1, 0.15) is 45.9 Å². The quantitative estimate of drug-likeness (QED) is 0.734. The first-order valence-electron chi connectivity index (χ1n) is 6.41. The van der Waals surface area contributed by atoms with E-state index in [1.54, 1.807) is 6.33 Å². The molecule has 0 fully saturated rings. The van der Waals surface area contributed by atoms with Gasteiger partial charge in [0.25, 0.3) is 0 Å². The topological polar surface area (TPSA) is 42.7 Å². The van der Waals surface area contributed by atoms with Gasteiger partial charge in [-0.05, 0) is 19.9 Å². The number of hydrogen-bond donors (Lipinski definition) is 1. The molecule has 0 aromatic carbocycles. The van der Waals surface area contributed by atoms with Crippen molar-refractivity contribution in [1.82, 2.24) is 20.1 Å². The summed E-state index contributed by atoms with van der Waals surface area (Å²) in [6.45, 7) is 8.42. The fourth-order valence-electron chi connectivity index (χ4n) is 1.95. The van der Waals surface area contributed by atoms with E-state index in [0.29, 0.717) is 6.04 Å². The summed E-state index contributed by atoms with van der Waals surface area (Å²) in [5.74, 6) is 1.10. The second-order valence-electron chi connectivity index (χ2n) is 4.09. The van der Waals surface area contributed by atoms with E-state index < -0.39 is 0 Å². The molecule has 0 aliphatic carbocycles. The molecule has 1 heterocycles. The average Bonchev–Trinajstić information content (AvgIpc) is 2.73. The molecular weight excluding hydrogens is 200 g/mol. The van der Waals surface area contributed by atoms with Gasteiger partial charge in [0.15, 0.2) is 0 Å². The molecule has 0 radical (unpaired) electrons. The maximum absolute atomic E-state index is 4.33. The number of rotatable bonds is 8. The minimum Gasteiger partial charge on any atom is -0.314 e. The van der Waals surface area contributed by atoms with Gasteiger partial charge in [0.1, 0.15) is 12.2 Å². The Labute approximate surface area is 98.5 Å². The Morgan fingerprint density at radius 3 is 2.81 bits per heavy atom. The van der Waals surface area contributed by atoms with Crippen LogP contribution in [0.25, 0.3) is 0 Å². The van der Waals surface area contributed by atoms with Gasteiger partial charge in [0, 0.05) is 19.0 Å². The van der Waals surface area contributed by atoms with Crippen molar-refractivity contribution in [3.05, 3.63) is 12.2 Å². The SMILES string of the molecule is CCCCC(Cc1ncnn1CC)NCC. The highest BCUT2D eigenvalue weighted by Gasteiger charge is 2.11. The first-order chi connectivity index (χ1) is 7.81. The highest BCUT2D eigenvalue weighted by molar-refractivity contribution is 4.89. The van der Waals surface area contributed by atoms with Crippen LogP contribution < -0.4 is 5.32 Å². The Bertz CT molecular complexity index is 282. The second-order valence-corrected chi connectivity index (χ2v) is 4.09. The molecular formula is C12H24N4. The minimum atomic E-state index is 0.541. The maximum Gasteiger partial charge on any atom is 0.138 e. The van der Waals surface area contributed by atoms with E-state index in [1.807, 2.05) is 4.68 Å². The molecule has 1 atom stereocenters. The zero-order valence-corrected chi connectivity index (χ0v) is 10.7. The summed E-state index contributed by atoms with van der Waals surface area (Å²) < 4.78 is 1.98. The first-order valence-corrected chi connectivity index (χ1v) is 6.41. The van der Waals surface area contributed by atoms with Crippen LogP contribution in [0.5, 0.6) is 0 Å². The maximum atomic E-state index is 4.33. The molecule has 16 heavy (non-hydrogen) atoms. The van der Waals surface area contributed by atoms with Crippen molar-refractivity contribution in [3.63, 3.8) is 0 Å². The van der Waals surface area contributed by atoms with Crippen LogP contribution in [0.15, 0.2) is 6.33 Å². The van der Waals surface area contributed by atoms with Gasteiger partial charge in [-0.3, -0.25) is 4.68 Å². The fourth-order valence-corrected chi connectivity index (χ4v) is 1.95. The van der Waals surface area contributed by atoms with E-state index in [-0.39, 0.29) is 0 Å². The highest BCUT2D eigenvalue weighted by atomic mass is 15.3. The molecule has 0 saturated heterocycles. The molecule has 4 nitrogen and oxygen atoms in total. The predicted octanol–water partition coefficient (Wildman–Crippen LogP) is 2.01. The lowest BCUT2D eigenvalue weighted by Crippen LogP contribution is -2.32. The Balaban J connectivity index is 2.52. The molecule has 1 unspecified atom stereocenters. The van der Waals surface area contributed by atoms with E-state index in [4.69, 9.17) is 0 Å². The van der Waals surface area contributed by atoms with Crippen molar-refractivity contribution in [2.75, 3.05) is 6.54 Å². The zero-order valence-electron chi connectivity index (χ0n) is 10.7. The molecule has 4 heteroatoms. The van der Waals surface area contributed by atoms with E-state index in [0.717, 1.165) is 25.3 Å². The molecule has 1 aromatic rings. The number of nitrogens with one attached hydrogen (secondary N) is 1. The monoisotopic (exact) mass is 224 g/mol. The summed E-state index contributed by atoms with van der Waals surface area (Å²) in [5.41, 5.74) is 0. The van der Waals surface area contributed by atoms with E-state index in [2.05, 4.69) is 36.2 Å². The highest BCUT2D eigenvalue weighted by Crippen LogP contribution is 2.07. The second kappa shape index (κ2) is 7.39. The van der Waals surface area contributed by atoms with Crippen LogP contribution >= 0.6 is 0 Å². The number of likely N-dealkylation sites (N-methyl/N-ethyl adjacent to an activating group) is 1. The Morgan fingerprint density at radius 1 is 1.38 bits per heavy atom. The van der Waals surface area contributed by atoms with Crippen molar-refractivity contribution >= 4 is 0 Å². The number of hydrogen-bond acceptors (Lipinski definition) is 3. The molecule has 1 rings (SSSR count). The largest absolute Gasteiger partial charge is 0.314 e. The molecule has 0 saturated carbocycles. The van der Waals surface area contributed by atoms with Gasteiger partial charge < -0.3 is 5.32 Å². The number of aryl methyl sites for hydroxylation is 1. The summed E-state index contributed by atoms with van der Waals surface area (Å²) in [5, 5.41) is 7.73. The van der Waals surface area contributed by atoms with Gasteiger partial charge in [-0.15, -0.1) is 0 Å². The lowest BCUT2D eigenvalue weighted by molar-refractivity contribution is 0.452. The third-order valence-electron chi connectivity index (χ3n) is 2.82. The minimum absolute atomic E-state index is 0.541. The fraction of sp³-hybridized carbons (Fsp3) is 0.833. The third kappa shape index (κ3) is 3.93. The smallest absolute Gasteiger partial charge is 0.138 e. The summed E-state index contributed by atoms with van der Waals surface area (Å²) in [6, 6.07) is 0.541. The van der Waals surface area contributed by atoms with Crippen molar-refractivity contribution in [2.24, 2.45) is 0 Å². The summed E-state index contributed by atoms with van der Waals surface area (Å²) in [4.78, 5) is 4.33. The van der Waals surface area contributed by atoms with Gasteiger partial charge in [0.2, 0.25) is 0 Å². The summed E-state index contributed by atoms with van der Waals surface area (Å²) >= 11 is 0. The first kappa shape index (κ1) is 13.2. The van der Waals surface area contributed by atoms with E-state index >= 15 is 0 Å². The van der Waals surface area contributed by atoms with Gasteiger partial charge in [-0.1, -0.05) is 26.7 Å².